The standard InChI is InChI=1S/C23H21F5N6O/c1-13-4-2-9-34(17(13)12-33-22-31-10-14(11-32-22)23(26,27)28)21(35)18-15(5-6-16(24)19(18)25)20-29-7-3-8-30-20/h3,5-8,10-11,13,17H,2,4,9,12H2,1H3,(H,31,32,33). The van der Waals surface area contributed by atoms with Crippen molar-refractivity contribution >= 4 is 11.9 Å². The molecule has 1 N–H and O–H groups in total. The summed E-state index contributed by atoms with van der Waals surface area (Å²) in [7, 11) is 0. The van der Waals surface area contributed by atoms with Gasteiger partial charge in [-0.25, -0.2) is 28.7 Å². The van der Waals surface area contributed by atoms with Crippen LogP contribution in [0.4, 0.5) is 27.9 Å². The number of hydrogen-bond acceptors (Lipinski definition) is 6. The first kappa shape index (κ1) is 24.4. The molecule has 2 atom stereocenters. The molecule has 0 bridgehead atoms. The molecule has 1 amide bonds. The topological polar surface area (TPSA) is 83.9 Å². The zero-order chi connectivity index (χ0) is 25.2. The highest BCUT2D eigenvalue weighted by molar-refractivity contribution is 6.00. The highest BCUT2D eigenvalue weighted by Gasteiger charge is 2.36. The third-order valence-corrected chi connectivity index (χ3v) is 5.94. The number of carbonyl (C=O) groups excluding carboxylic acids is 1. The Morgan fingerprint density at radius 3 is 2.46 bits per heavy atom. The molecule has 35 heavy (non-hydrogen) atoms. The molecule has 1 saturated heterocycles. The van der Waals surface area contributed by atoms with Crippen LogP contribution in [-0.2, 0) is 6.18 Å². The van der Waals surface area contributed by atoms with Crippen LogP contribution in [0, 0.1) is 17.6 Å². The highest BCUT2D eigenvalue weighted by atomic mass is 19.4. The van der Waals surface area contributed by atoms with E-state index in [9.17, 15) is 26.7 Å². The largest absolute Gasteiger partial charge is 0.419 e. The Morgan fingerprint density at radius 1 is 1.11 bits per heavy atom. The SMILES string of the molecule is CC1CCCN(C(=O)c2c(-c3ncccn3)ccc(F)c2F)C1CNc1ncc(C(F)(F)F)cn1. The van der Waals surface area contributed by atoms with Crippen molar-refractivity contribution in [3.05, 3.63) is 65.7 Å². The van der Waals surface area contributed by atoms with E-state index >= 15 is 0 Å². The van der Waals surface area contributed by atoms with E-state index < -0.39 is 40.9 Å². The van der Waals surface area contributed by atoms with Crippen LogP contribution < -0.4 is 5.32 Å². The average Bonchev–Trinajstić information content (AvgIpc) is 2.84. The first-order valence-electron chi connectivity index (χ1n) is 10.9. The van der Waals surface area contributed by atoms with E-state index in [2.05, 4.69) is 25.3 Å². The number of amides is 1. The molecule has 184 valence electrons. The van der Waals surface area contributed by atoms with Crippen LogP contribution in [-0.4, -0.2) is 49.9 Å². The Labute approximate surface area is 197 Å². The van der Waals surface area contributed by atoms with Gasteiger partial charge in [0, 0.05) is 43.4 Å². The molecule has 0 radical (unpaired) electrons. The van der Waals surface area contributed by atoms with Crippen molar-refractivity contribution in [2.24, 2.45) is 5.92 Å². The Kier molecular flexibility index (Phi) is 6.90. The Balaban J connectivity index is 1.61. The summed E-state index contributed by atoms with van der Waals surface area (Å²) >= 11 is 0. The Bertz CT molecular complexity index is 1190. The predicted octanol–water partition coefficient (Wildman–Crippen LogP) is 4.58. The molecule has 4 rings (SSSR count). The van der Waals surface area contributed by atoms with Crippen molar-refractivity contribution < 1.29 is 26.7 Å². The molecular formula is C23H21F5N6O. The van der Waals surface area contributed by atoms with Gasteiger partial charge in [0.1, 0.15) is 0 Å². The van der Waals surface area contributed by atoms with Crippen LogP contribution in [0.25, 0.3) is 11.4 Å². The highest BCUT2D eigenvalue weighted by Crippen LogP contribution is 2.31. The second kappa shape index (κ2) is 9.88. The summed E-state index contributed by atoms with van der Waals surface area (Å²) in [6, 6.07) is 3.26. The molecule has 3 heterocycles. The monoisotopic (exact) mass is 492 g/mol. The normalized spacial score (nSPS) is 18.4. The summed E-state index contributed by atoms with van der Waals surface area (Å²) in [5, 5.41) is 2.86. The number of nitrogens with one attached hydrogen (secondary N) is 1. The number of halogens is 5. The summed E-state index contributed by atoms with van der Waals surface area (Å²) in [4.78, 5) is 30.5. The lowest BCUT2D eigenvalue weighted by atomic mass is 9.89. The molecule has 1 fully saturated rings. The number of benzene rings is 1. The van der Waals surface area contributed by atoms with Crippen molar-refractivity contribution in [3.8, 4) is 11.4 Å². The van der Waals surface area contributed by atoms with Crippen molar-refractivity contribution in [2.45, 2.75) is 32.0 Å². The molecule has 1 aliphatic heterocycles. The van der Waals surface area contributed by atoms with Gasteiger partial charge >= 0.3 is 6.18 Å². The van der Waals surface area contributed by atoms with Gasteiger partial charge in [0.25, 0.3) is 5.91 Å². The molecule has 3 aromatic rings. The van der Waals surface area contributed by atoms with Gasteiger partial charge in [-0.2, -0.15) is 13.2 Å². The van der Waals surface area contributed by atoms with Crippen LogP contribution in [0.5, 0.6) is 0 Å². The van der Waals surface area contributed by atoms with E-state index in [4.69, 9.17) is 0 Å². The zero-order valence-corrected chi connectivity index (χ0v) is 18.6. The number of aromatic nitrogens is 4. The number of rotatable bonds is 5. The Morgan fingerprint density at radius 2 is 1.80 bits per heavy atom. The maximum atomic E-state index is 15.0. The smallest absolute Gasteiger partial charge is 0.352 e. The predicted molar refractivity (Wildman–Crippen MR) is 116 cm³/mol. The molecule has 1 aliphatic rings. The molecule has 2 aromatic heterocycles. The third kappa shape index (κ3) is 5.20. The summed E-state index contributed by atoms with van der Waals surface area (Å²) in [6.07, 6.45) is 1.04. The van der Waals surface area contributed by atoms with Crippen molar-refractivity contribution in [3.63, 3.8) is 0 Å². The van der Waals surface area contributed by atoms with Crippen molar-refractivity contribution in [1.82, 2.24) is 24.8 Å². The number of nitrogens with zero attached hydrogens (tertiary/aromatic N) is 5. The fourth-order valence-corrected chi connectivity index (χ4v) is 4.10. The van der Waals surface area contributed by atoms with Gasteiger partial charge in [0.15, 0.2) is 17.5 Å². The minimum Gasteiger partial charge on any atom is -0.352 e. The van der Waals surface area contributed by atoms with Crippen LogP contribution in [0.1, 0.15) is 35.7 Å². The van der Waals surface area contributed by atoms with Gasteiger partial charge in [-0.3, -0.25) is 4.79 Å². The van der Waals surface area contributed by atoms with Crippen LogP contribution in [0.2, 0.25) is 0 Å². The average molecular weight is 492 g/mol. The molecule has 2 unspecified atom stereocenters. The van der Waals surface area contributed by atoms with Crippen molar-refractivity contribution in [1.29, 1.82) is 0 Å². The number of hydrogen-bond donors (Lipinski definition) is 1. The maximum Gasteiger partial charge on any atom is 0.419 e. The molecule has 12 heteroatoms. The lowest BCUT2D eigenvalue weighted by Gasteiger charge is -2.40. The van der Waals surface area contributed by atoms with Crippen LogP contribution >= 0.6 is 0 Å². The van der Waals surface area contributed by atoms with Crippen LogP contribution in [0.15, 0.2) is 43.0 Å². The fraction of sp³-hybridized carbons (Fsp3) is 0.348. The second-order valence-electron chi connectivity index (χ2n) is 8.22. The van der Waals surface area contributed by atoms with Crippen LogP contribution in [0.3, 0.4) is 0 Å². The van der Waals surface area contributed by atoms with E-state index in [-0.39, 0.29) is 36.3 Å². The molecule has 0 spiro atoms. The minimum atomic E-state index is -4.56. The summed E-state index contributed by atoms with van der Waals surface area (Å²) in [5.41, 5.74) is -1.39. The van der Waals surface area contributed by atoms with E-state index in [0.717, 1.165) is 12.5 Å². The number of likely N-dealkylation sites (tertiary alicyclic amines) is 1. The first-order chi connectivity index (χ1) is 16.7. The zero-order valence-electron chi connectivity index (χ0n) is 18.6. The lowest BCUT2D eigenvalue weighted by molar-refractivity contribution is -0.138. The first-order valence-corrected chi connectivity index (χ1v) is 10.9. The van der Waals surface area contributed by atoms with E-state index in [1.807, 2.05) is 6.92 Å². The number of alkyl halides is 3. The van der Waals surface area contributed by atoms with Gasteiger partial charge in [-0.05, 0) is 37.0 Å². The summed E-state index contributed by atoms with van der Waals surface area (Å²) < 4.78 is 67.4. The van der Waals surface area contributed by atoms with E-state index in [0.29, 0.717) is 18.8 Å². The van der Waals surface area contributed by atoms with E-state index in [1.165, 1.54) is 23.4 Å². The van der Waals surface area contributed by atoms with Gasteiger partial charge in [-0.1, -0.05) is 6.92 Å². The quantitative estimate of drug-likeness (QED) is 0.525. The number of carbonyl (C=O) groups is 1. The van der Waals surface area contributed by atoms with Gasteiger partial charge in [0.05, 0.1) is 17.2 Å². The molecule has 0 aliphatic carbocycles. The van der Waals surface area contributed by atoms with Gasteiger partial charge < -0.3 is 10.2 Å². The van der Waals surface area contributed by atoms with Gasteiger partial charge in [0.2, 0.25) is 5.95 Å². The molecular weight excluding hydrogens is 471 g/mol. The fourth-order valence-electron chi connectivity index (χ4n) is 4.10. The van der Waals surface area contributed by atoms with Gasteiger partial charge in [-0.15, -0.1) is 0 Å². The Hall–Kier alpha value is -3.70. The number of anilines is 1. The number of piperidine rings is 1. The molecule has 1 aromatic carbocycles. The third-order valence-electron chi connectivity index (χ3n) is 5.94. The van der Waals surface area contributed by atoms with Crippen molar-refractivity contribution in [2.75, 3.05) is 18.4 Å². The minimum absolute atomic E-state index is 0.0392. The molecule has 0 saturated carbocycles. The second-order valence-corrected chi connectivity index (χ2v) is 8.22. The molecule has 7 nitrogen and oxygen atoms in total. The summed E-state index contributed by atoms with van der Waals surface area (Å²) in [5.74, 6) is -3.20. The maximum absolute atomic E-state index is 15.0. The van der Waals surface area contributed by atoms with E-state index in [1.54, 1.807) is 6.07 Å². The lowest BCUT2D eigenvalue weighted by Crippen LogP contribution is -2.51. The summed E-state index contributed by atoms with van der Waals surface area (Å²) in [6.45, 7) is 2.29.